The Morgan fingerprint density at radius 2 is 1.85 bits per heavy atom. The van der Waals surface area contributed by atoms with Crippen molar-refractivity contribution < 1.29 is 0 Å². The summed E-state index contributed by atoms with van der Waals surface area (Å²) in [7, 11) is 0. The molecule has 6 heteroatoms. The first-order chi connectivity index (χ1) is 9.58. The topological polar surface area (TPSA) is 43.6 Å². The van der Waals surface area contributed by atoms with E-state index in [9.17, 15) is 0 Å². The van der Waals surface area contributed by atoms with Crippen molar-refractivity contribution in [2.45, 2.75) is 19.0 Å². The quantitative estimate of drug-likeness (QED) is 0.410. The number of benzene rings is 1. The minimum atomic E-state index is 0.435. The number of rotatable bonds is 2. The second-order valence-corrected chi connectivity index (χ2v) is 5.74. The molecule has 3 rings (SSSR count). The Hall–Kier alpha value is -1.59. The van der Waals surface area contributed by atoms with Gasteiger partial charge in [-0.1, -0.05) is 23.4 Å². The lowest BCUT2D eigenvalue weighted by Gasteiger charge is -2.06. The lowest BCUT2D eigenvalue weighted by Crippen LogP contribution is -1.99. The number of halogens is 1. The summed E-state index contributed by atoms with van der Waals surface area (Å²) in [5, 5.41) is 1.09. The zero-order chi connectivity index (χ0) is 14.3. The van der Waals surface area contributed by atoms with Crippen molar-refractivity contribution in [1.29, 1.82) is 0 Å². The lowest BCUT2D eigenvalue weighted by molar-refractivity contribution is 0.902. The summed E-state index contributed by atoms with van der Waals surface area (Å²) < 4.78 is 1.94. The van der Waals surface area contributed by atoms with E-state index in [4.69, 9.17) is 11.6 Å². The van der Waals surface area contributed by atoms with Gasteiger partial charge in [0.25, 0.3) is 0 Å². The van der Waals surface area contributed by atoms with Gasteiger partial charge in [0, 0.05) is 6.07 Å². The number of thioether (sulfide) groups is 1. The third-order valence-corrected chi connectivity index (χ3v) is 3.99. The average Bonchev–Trinajstić information content (AvgIpc) is 2.81. The highest BCUT2D eigenvalue weighted by Crippen LogP contribution is 2.23. The minimum absolute atomic E-state index is 0.435. The van der Waals surface area contributed by atoms with Crippen LogP contribution in [0.1, 0.15) is 11.1 Å². The maximum absolute atomic E-state index is 6.06. The van der Waals surface area contributed by atoms with E-state index in [0.717, 1.165) is 16.9 Å². The highest BCUT2D eigenvalue weighted by molar-refractivity contribution is 7.98. The predicted molar refractivity (Wildman–Crippen MR) is 82.9 cm³/mol. The molecule has 102 valence electrons. The smallest absolute Gasteiger partial charge is 0.190 e. The molecule has 0 fully saturated rings. The molecule has 0 aliphatic carbocycles. The van der Waals surface area contributed by atoms with Gasteiger partial charge in [-0.25, -0.2) is 15.0 Å². The maximum atomic E-state index is 6.06. The van der Waals surface area contributed by atoms with Crippen LogP contribution in [0.5, 0.6) is 0 Å². The average molecular weight is 305 g/mol. The number of nitrogens with zero attached hydrogens (tertiary/aromatic N) is 4. The molecule has 4 nitrogen and oxygen atoms in total. The summed E-state index contributed by atoms with van der Waals surface area (Å²) in [6.07, 6.45) is 3.70. The van der Waals surface area contributed by atoms with Gasteiger partial charge >= 0.3 is 0 Å². The molecule has 0 bridgehead atoms. The molecule has 2 heterocycles. The largest absolute Gasteiger partial charge is 0.283 e. The molecule has 0 saturated carbocycles. The van der Waals surface area contributed by atoms with Crippen molar-refractivity contribution in [2.24, 2.45) is 0 Å². The minimum Gasteiger partial charge on any atom is -0.283 e. The Balaban J connectivity index is 2.24. The number of fused-ring (bicyclic) bond motifs is 1. The predicted octanol–water partition coefficient (Wildman–Crippen LogP) is 3.81. The highest BCUT2D eigenvalue weighted by atomic mass is 35.5. The fourth-order valence-corrected chi connectivity index (χ4v) is 2.65. The Kier molecular flexibility index (Phi) is 3.40. The van der Waals surface area contributed by atoms with E-state index in [1.807, 2.05) is 10.8 Å². The number of aryl methyl sites for hydroxylation is 2. The Bertz CT molecular complexity index is 797. The van der Waals surface area contributed by atoms with Gasteiger partial charge in [0.15, 0.2) is 5.16 Å². The fraction of sp³-hybridized carbons (Fsp3) is 0.214. The third-order valence-electron chi connectivity index (χ3n) is 3.25. The van der Waals surface area contributed by atoms with Gasteiger partial charge in [-0.2, -0.15) is 0 Å². The van der Waals surface area contributed by atoms with Crippen LogP contribution in [0.25, 0.3) is 16.9 Å². The summed E-state index contributed by atoms with van der Waals surface area (Å²) in [6, 6.07) is 5.95. The van der Waals surface area contributed by atoms with Crippen LogP contribution in [0.15, 0.2) is 29.7 Å². The van der Waals surface area contributed by atoms with Crippen LogP contribution in [0.3, 0.4) is 0 Å². The molecule has 20 heavy (non-hydrogen) atoms. The Labute approximate surface area is 126 Å². The first-order valence-electron chi connectivity index (χ1n) is 6.12. The van der Waals surface area contributed by atoms with Gasteiger partial charge in [0.2, 0.25) is 0 Å². The van der Waals surface area contributed by atoms with Gasteiger partial charge < -0.3 is 0 Å². The summed E-state index contributed by atoms with van der Waals surface area (Å²) in [6.45, 7) is 4.17. The molecule has 0 radical (unpaired) electrons. The molecule has 3 aromatic rings. The van der Waals surface area contributed by atoms with Crippen LogP contribution in [-0.2, 0) is 0 Å². The van der Waals surface area contributed by atoms with Gasteiger partial charge in [0.1, 0.15) is 17.3 Å². The van der Waals surface area contributed by atoms with Crippen molar-refractivity contribution in [1.82, 2.24) is 19.5 Å². The van der Waals surface area contributed by atoms with Crippen LogP contribution in [0.2, 0.25) is 5.15 Å². The van der Waals surface area contributed by atoms with Crippen LogP contribution >= 0.6 is 23.4 Å². The van der Waals surface area contributed by atoms with Crippen LogP contribution < -0.4 is 0 Å². The molecule has 0 saturated heterocycles. The first-order valence-corrected chi connectivity index (χ1v) is 7.72. The molecule has 0 atom stereocenters. The Morgan fingerprint density at radius 3 is 2.60 bits per heavy atom. The second-order valence-electron chi connectivity index (χ2n) is 4.58. The SMILES string of the molecule is CSc1nc(Cl)cc(-n2cnc3cc(C)c(C)cc32)n1. The maximum Gasteiger partial charge on any atom is 0.190 e. The monoisotopic (exact) mass is 304 g/mol. The van der Waals surface area contributed by atoms with Gasteiger partial charge in [-0.3, -0.25) is 4.57 Å². The van der Waals surface area contributed by atoms with Crippen molar-refractivity contribution >= 4 is 34.4 Å². The summed E-state index contributed by atoms with van der Waals surface area (Å²) >= 11 is 7.52. The van der Waals surface area contributed by atoms with Crippen LogP contribution in [0.4, 0.5) is 0 Å². The Morgan fingerprint density at radius 1 is 1.10 bits per heavy atom. The fourth-order valence-electron chi connectivity index (χ4n) is 2.05. The van der Waals surface area contributed by atoms with Gasteiger partial charge in [-0.05, 0) is 43.4 Å². The molecule has 0 spiro atoms. The lowest BCUT2D eigenvalue weighted by atomic mass is 10.1. The van der Waals surface area contributed by atoms with Crippen molar-refractivity contribution in [3.63, 3.8) is 0 Å². The van der Waals surface area contributed by atoms with E-state index in [1.165, 1.54) is 22.9 Å². The molecule has 0 amide bonds. The summed E-state index contributed by atoms with van der Waals surface area (Å²) in [5.41, 5.74) is 4.43. The standard InChI is InChI=1S/C14H13ClN4S/c1-8-4-10-11(5-9(8)2)19(7-16-10)13-6-12(15)17-14(18-13)20-3/h4-7H,1-3H3. The van der Waals surface area contributed by atoms with Crippen LogP contribution in [-0.4, -0.2) is 25.8 Å². The molecule has 0 N–H and O–H groups in total. The molecule has 1 aromatic carbocycles. The van der Waals surface area contributed by atoms with Crippen molar-refractivity contribution in [3.8, 4) is 5.82 Å². The number of hydrogen-bond acceptors (Lipinski definition) is 4. The molecule has 0 unspecified atom stereocenters. The van der Waals surface area contributed by atoms with E-state index < -0.39 is 0 Å². The molecular formula is C14H13ClN4S. The van der Waals surface area contributed by atoms with Crippen LogP contribution in [0, 0.1) is 13.8 Å². The number of imidazole rings is 1. The van der Waals surface area contributed by atoms with E-state index >= 15 is 0 Å². The first kappa shape index (κ1) is 13.4. The van der Waals surface area contributed by atoms with Gasteiger partial charge in [-0.15, -0.1) is 0 Å². The van der Waals surface area contributed by atoms with Crippen molar-refractivity contribution in [3.05, 3.63) is 40.8 Å². The van der Waals surface area contributed by atoms with Crippen molar-refractivity contribution in [2.75, 3.05) is 6.26 Å². The molecule has 2 aromatic heterocycles. The van der Waals surface area contributed by atoms with E-state index in [-0.39, 0.29) is 0 Å². The second kappa shape index (κ2) is 5.07. The van der Waals surface area contributed by atoms with E-state index in [1.54, 1.807) is 12.4 Å². The van der Waals surface area contributed by atoms with E-state index in [0.29, 0.717) is 10.3 Å². The summed E-state index contributed by atoms with van der Waals surface area (Å²) in [5.74, 6) is 0.736. The summed E-state index contributed by atoms with van der Waals surface area (Å²) in [4.78, 5) is 13.1. The number of aromatic nitrogens is 4. The molecular weight excluding hydrogens is 292 g/mol. The zero-order valence-electron chi connectivity index (χ0n) is 11.4. The third kappa shape index (κ3) is 2.27. The molecule has 0 aliphatic rings. The normalized spacial score (nSPS) is 11.2. The highest BCUT2D eigenvalue weighted by Gasteiger charge is 2.10. The number of hydrogen-bond donors (Lipinski definition) is 0. The molecule has 0 aliphatic heterocycles. The van der Waals surface area contributed by atoms with Gasteiger partial charge in [0.05, 0.1) is 11.0 Å². The van der Waals surface area contributed by atoms with E-state index in [2.05, 4.69) is 40.9 Å². The zero-order valence-corrected chi connectivity index (χ0v) is 13.0.